The summed E-state index contributed by atoms with van der Waals surface area (Å²) in [7, 11) is 0. The van der Waals surface area contributed by atoms with E-state index in [0.29, 0.717) is 18.4 Å². The van der Waals surface area contributed by atoms with Gasteiger partial charge in [-0.05, 0) is 42.7 Å². The van der Waals surface area contributed by atoms with Crippen LogP contribution in [0.3, 0.4) is 0 Å². The fraction of sp³-hybridized carbons (Fsp3) is 0.600. The first-order chi connectivity index (χ1) is 9.45. The number of nitrogens with zero attached hydrogens (tertiary/aromatic N) is 1. The topological polar surface area (TPSA) is 52.4 Å². The third-order valence-electron chi connectivity index (χ3n) is 3.83. The minimum absolute atomic E-state index is 0.0573. The minimum Gasteiger partial charge on any atom is -0.374 e. The Morgan fingerprint density at radius 2 is 1.95 bits per heavy atom. The van der Waals surface area contributed by atoms with Crippen molar-refractivity contribution in [3.05, 3.63) is 38.9 Å². The van der Waals surface area contributed by atoms with Gasteiger partial charge in [-0.15, -0.1) is 0 Å². The third-order valence-corrected chi connectivity index (χ3v) is 4.15. The molecule has 1 aliphatic rings. The highest BCUT2D eigenvalue weighted by Crippen LogP contribution is 2.31. The summed E-state index contributed by atoms with van der Waals surface area (Å²) in [6, 6.07) is 4.84. The van der Waals surface area contributed by atoms with Crippen LogP contribution in [0, 0.1) is 22.0 Å². The van der Waals surface area contributed by atoms with Gasteiger partial charge in [-0.3, -0.25) is 10.1 Å². The van der Waals surface area contributed by atoms with Crippen molar-refractivity contribution < 1.29 is 9.66 Å². The third kappa shape index (κ3) is 3.93. The fourth-order valence-corrected chi connectivity index (χ4v) is 3.20. The first kappa shape index (κ1) is 15.3. The molecule has 4 nitrogen and oxygen atoms in total. The predicted molar refractivity (Wildman–Crippen MR) is 78.9 cm³/mol. The van der Waals surface area contributed by atoms with Crippen molar-refractivity contribution in [2.75, 3.05) is 0 Å². The number of benzene rings is 1. The van der Waals surface area contributed by atoms with Gasteiger partial charge in [0.1, 0.15) is 5.02 Å². The highest BCUT2D eigenvalue weighted by atomic mass is 35.5. The number of rotatable bonds is 4. The number of nitro groups is 1. The van der Waals surface area contributed by atoms with E-state index in [1.807, 2.05) is 0 Å². The SMILES string of the molecule is CC1CC(C)CC(OCc2ccc(Cl)c([N+](=O)[O-])c2)C1. The predicted octanol–water partition coefficient (Wildman–Crippen LogP) is 4.59. The summed E-state index contributed by atoms with van der Waals surface area (Å²) >= 11 is 5.80. The molecule has 0 aromatic heterocycles. The van der Waals surface area contributed by atoms with Gasteiger partial charge in [-0.25, -0.2) is 0 Å². The molecule has 110 valence electrons. The first-order valence-corrected chi connectivity index (χ1v) is 7.38. The van der Waals surface area contributed by atoms with E-state index in [9.17, 15) is 10.1 Å². The zero-order valence-corrected chi connectivity index (χ0v) is 12.6. The number of ether oxygens (including phenoxy) is 1. The van der Waals surface area contributed by atoms with Crippen LogP contribution >= 0.6 is 11.6 Å². The average molecular weight is 298 g/mol. The number of nitro benzene ring substituents is 1. The van der Waals surface area contributed by atoms with Gasteiger partial charge in [-0.2, -0.15) is 0 Å². The van der Waals surface area contributed by atoms with E-state index >= 15 is 0 Å². The van der Waals surface area contributed by atoms with Crippen molar-refractivity contribution in [3.8, 4) is 0 Å². The smallest absolute Gasteiger partial charge is 0.288 e. The zero-order chi connectivity index (χ0) is 14.7. The van der Waals surface area contributed by atoms with Crippen LogP contribution in [0.1, 0.15) is 38.7 Å². The lowest BCUT2D eigenvalue weighted by atomic mass is 9.82. The summed E-state index contributed by atoms with van der Waals surface area (Å²) in [5.74, 6) is 1.37. The van der Waals surface area contributed by atoms with Crippen molar-refractivity contribution in [1.82, 2.24) is 0 Å². The Labute approximate surface area is 124 Å². The lowest BCUT2D eigenvalue weighted by Gasteiger charge is -2.31. The second-order valence-corrected chi connectivity index (χ2v) is 6.30. The highest BCUT2D eigenvalue weighted by molar-refractivity contribution is 6.32. The molecule has 1 saturated carbocycles. The number of hydrogen-bond donors (Lipinski definition) is 0. The molecule has 0 spiro atoms. The Hall–Kier alpha value is -1.13. The van der Waals surface area contributed by atoms with Crippen LogP contribution in [0.15, 0.2) is 18.2 Å². The minimum atomic E-state index is -0.462. The van der Waals surface area contributed by atoms with E-state index in [-0.39, 0.29) is 16.8 Å². The number of hydrogen-bond acceptors (Lipinski definition) is 3. The summed E-state index contributed by atoms with van der Waals surface area (Å²) in [4.78, 5) is 10.4. The summed E-state index contributed by atoms with van der Waals surface area (Å²) < 4.78 is 5.92. The van der Waals surface area contributed by atoms with Crippen molar-refractivity contribution in [1.29, 1.82) is 0 Å². The van der Waals surface area contributed by atoms with Gasteiger partial charge in [0.2, 0.25) is 0 Å². The molecule has 1 aromatic rings. The lowest BCUT2D eigenvalue weighted by molar-refractivity contribution is -0.384. The molecular weight excluding hydrogens is 278 g/mol. The molecule has 2 unspecified atom stereocenters. The van der Waals surface area contributed by atoms with E-state index < -0.39 is 4.92 Å². The molecular formula is C15H20ClNO3. The maximum absolute atomic E-state index is 10.8. The van der Waals surface area contributed by atoms with Gasteiger partial charge < -0.3 is 4.74 Å². The van der Waals surface area contributed by atoms with E-state index in [2.05, 4.69) is 13.8 Å². The van der Waals surface area contributed by atoms with Gasteiger partial charge in [0.25, 0.3) is 5.69 Å². The maximum atomic E-state index is 10.8. The zero-order valence-electron chi connectivity index (χ0n) is 11.8. The van der Waals surface area contributed by atoms with Crippen LogP contribution in [0.5, 0.6) is 0 Å². The van der Waals surface area contributed by atoms with Gasteiger partial charge >= 0.3 is 0 Å². The van der Waals surface area contributed by atoms with Crippen LogP contribution in [-0.4, -0.2) is 11.0 Å². The Morgan fingerprint density at radius 3 is 2.55 bits per heavy atom. The average Bonchev–Trinajstić information content (AvgIpc) is 2.36. The normalized spacial score (nSPS) is 26.4. The molecule has 20 heavy (non-hydrogen) atoms. The quantitative estimate of drug-likeness (QED) is 0.603. The molecule has 0 bridgehead atoms. The Kier molecular flexibility index (Phi) is 5.00. The lowest BCUT2D eigenvalue weighted by Crippen LogP contribution is -2.26. The Morgan fingerprint density at radius 1 is 1.30 bits per heavy atom. The highest BCUT2D eigenvalue weighted by Gasteiger charge is 2.24. The van der Waals surface area contributed by atoms with Crippen LogP contribution in [0.4, 0.5) is 5.69 Å². The van der Waals surface area contributed by atoms with Crippen LogP contribution in [0.2, 0.25) is 5.02 Å². The molecule has 0 aliphatic heterocycles. The molecule has 1 aliphatic carbocycles. The second kappa shape index (κ2) is 6.55. The summed E-state index contributed by atoms with van der Waals surface area (Å²) in [6.07, 6.45) is 3.65. The van der Waals surface area contributed by atoms with E-state index in [1.165, 1.54) is 12.5 Å². The van der Waals surface area contributed by atoms with Crippen molar-refractivity contribution in [2.45, 2.75) is 45.8 Å². The van der Waals surface area contributed by atoms with Gasteiger partial charge in [0.05, 0.1) is 17.6 Å². The molecule has 0 saturated heterocycles. The van der Waals surface area contributed by atoms with Crippen molar-refractivity contribution >= 4 is 17.3 Å². The molecule has 2 rings (SSSR count). The first-order valence-electron chi connectivity index (χ1n) is 7.00. The van der Waals surface area contributed by atoms with Gasteiger partial charge in [0, 0.05) is 6.07 Å². The molecule has 0 amide bonds. The maximum Gasteiger partial charge on any atom is 0.288 e. The van der Waals surface area contributed by atoms with E-state index in [1.54, 1.807) is 12.1 Å². The fourth-order valence-electron chi connectivity index (χ4n) is 3.01. The van der Waals surface area contributed by atoms with Crippen LogP contribution in [0.25, 0.3) is 0 Å². The molecule has 5 heteroatoms. The molecule has 2 atom stereocenters. The standard InChI is InChI=1S/C15H20ClNO3/c1-10-5-11(2)7-13(6-10)20-9-12-3-4-14(16)15(8-12)17(18)19/h3-4,8,10-11,13H,5-7,9H2,1-2H3. The van der Waals surface area contributed by atoms with Gasteiger partial charge in [-0.1, -0.05) is 31.5 Å². The van der Waals surface area contributed by atoms with E-state index in [4.69, 9.17) is 16.3 Å². The van der Waals surface area contributed by atoms with Gasteiger partial charge in [0.15, 0.2) is 0 Å². The Bertz CT molecular complexity index is 482. The largest absolute Gasteiger partial charge is 0.374 e. The molecule has 0 radical (unpaired) electrons. The molecule has 1 fully saturated rings. The summed E-state index contributed by atoms with van der Waals surface area (Å²) in [5, 5.41) is 11.0. The van der Waals surface area contributed by atoms with E-state index in [0.717, 1.165) is 18.4 Å². The molecule has 0 N–H and O–H groups in total. The Balaban J connectivity index is 1.97. The van der Waals surface area contributed by atoms with Crippen molar-refractivity contribution in [2.24, 2.45) is 11.8 Å². The summed E-state index contributed by atoms with van der Waals surface area (Å²) in [6.45, 7) is 4.90. The van der Waals surface area contributed by atoms with Crippen LogP contribution < -0.4 is 0 Å². The molecule has 0 heterocycles. The summed E-state index contributed by atoms with van der Waals surface area (Å²) in [5.41, 5.74) is 0.741. The van der Waals surface area contributed by atoms with Crippen molar-refractivity contribution in [3.63, 3.8) is 0 Å². The van der Waals surface area contributed by atoms with Crippen LogP contribution in [-0.2, 0) is 11.3 Å². The molecule has 1 aromatic carbocycles. The number of halogens is 1. The monoisotopic (exact) mass is 297 g/mol. The second-order valence-electron chi connectivity index (χ2n) is 5.89.